The van der Waals surface area contributed by atoms with Gasteiger partial charge >= 0.3 is 5.97 Å². The van der Waals surface area contributed by atoms with Gasteiger partial charge in [0.2, 0.25) is 0 Å². The number of aromatic nitrogens is 1. The van der Waals surface area contributed by atoms with E-state index in [1.54, 1.807) is 26.0 Å². The first-order valence-electron chi connectivity index (χ1n) is 10.9. The van der Waals surface area contributed by atoms with Crippen LogP contribution in [0, 0.1) is 27.7 Å². The Bertz CT molecular complexity index is 1370. The van der Waals surface area contributed by atoms with Crippen LogP contribution >= 0.6 is 0 Å². The average molecular weight is 460 g/mol. The van der Waals surface area contributed by atoms with Crippen LogP contribution in [0.4, 0.5) is 0 Å². The second kappa shape index (κ2) is 10.9. The Labute approximate surface area is 201 Å². The summed E-state index contributed by atoms with van der Waals surface area (Å²) in [6.07, 6.45) is 0. The summed E-state index contributed by atoms with van der Waals surface area (Å²) in [7, 11) is 0. The highest BCUT2D eigenvalue weighted by atomic mass is 16.4. The lowest BCUT2D eigenvalue weighted by Crippen LogP contribution is -2.09. The van der Waals surface area contributed by atoms with Gasteiger partial charge in [-0.3, -0.25) is 4.79 Å². The van der Waals surface area contributed by atoms with Gasteiger partial charge in [0.05, 0.1) is 5.39 Å². The number of benzene rings is 2. The fraction of sp³-hybridized carbons (Fsp3) is 0.276. The van der Waals surface area contributed by atoms with Gasteiger partial charge in [-0.15, -0.1) is 0 Å². The molecule has 0 fully saturated rings. The summed E-state index contributed by atoms with van der Waals surface area (Å²) in [5.41, 5.74) is 6.13. The molecule has 1 N–H and O–H groups in total. The molecule has 0 aliphatic heterocycles. The van der Waals surface area contributed by atoms with Crippen LogP contribution in [0.5, 0.6) is 0 Å². The van der Waals surface area contributed by atoms with Crippen molar-refractivity contribution < 1.29 is 14.3 Å². The second-order valence-corrected chi connectivity index (χ2v) is 8.56. The summed E-state index contributed by atoms with van der Waals surface area (Å²) in [5, 5.41) is 9.31. The molecule has 0 radical (unpaired) electrons. The van der Waals surface area contributed by atoms with Gasteiger partial charge in [-0.2, -0.15) is 0 Å². The summed E-state index contributed by atoms with van der Waals surface area (Å²) >= 11 is 0. The molecule has 5 nitrogen and oxygen atoms in total. The Balaban J connectivity index is 0.000000289. The molecule has 0 atom stereocenters. The molecule has 0 spiro atoms. The van der Waals surface area contributed by atoms with E-state index in [1.807, 2.05) is 50.2 Å². The minimum atomic E-state index is -0.966. The fourth-order valence-electron chi connectivity index (χ4n) is 3.70. The molecule has 5 heteroatoms. The van der Waals surface area contributed by atoms with Gasteiger partial charge in [0.25, 0.3) is 0 Å². The highest BCUT2D eigenvalue weighted by Crippen LogP contribution is 2.31. The molecule has 0 amide bonds. The summed E-state index contributed by atoms with van der Waals surface area (Å²) in [5.74, 6) is 0.00642. The molecule has 2 aromatic heterocycles. The lowest BCUT2D eigenvalue weighted by atomic mass is 9.96. The van der Waals surface area contributed by atoms with Crippen LogP contribution in [0.1, 0.15) is 65.6 Å². The highest BCUT2D eigenvalue weighted by Gasteiger charge is 2.17. The number of aromatic carboxylic acids is 1. The van der Waals surface area contributed by atoms with Crippen molar-refractivity contribution in [3.8, 4) is 11.3 Å². The van der Waals surface area contributed by atoms with E-state index in [4.69, 9.17) is 9.52 Å². The van der Waals surface area contributed by atoms with E-state index < -0.39 is 5.97 Å². The summed E-state index contributed by atoms with van der Waals surface area (Å²) in [4.78, 5) is 27.2. The average Bonchev–Trinajstić information content (AvgIpc) is 2.78. The summed E-state index contributed by atoms with van der Waals surface area (Å²) in [6.45, 7) is 11.6. The number of hydrogen-bond acceptors (Lipinski definition) is 4. The summed E-state index contributed by atoms with van der Waals surface area (Å²) < 4.78 is 6.21. The predicted molar refractivity (Wildman–Crippen MR) is 139 cm³/mol. The van der Waals surface area contributed by atoms with Crippen molar-refractivity contribution in [2.45, 2.75) is 54.9 Å². The lowest BCUT2D eigenvalue weighted by molar-refractivity contribution is 0.0689. The van der Waals surface area contributed by atoms with Crippen LogP contribution in [0.25, 0.3) is 22.3 Å². The Morgan fingerprint density at radius 1 is 0.971 bits per heavy atom. The molecular formula is C29H33NO4. The number of pyridine rings is 1. The number of fused-ring (bicyclic) bond motifs is 1. The van der Waals surface area contributed by atoms with Gasteiger partial charge in [-0.05, 0) is 62.4 Å². The van der Waals surface area contributed by atoms with Gasteiger partial charge in [0.1, 0.15) is 11.3 Å². The fourth-order valence-corrected chi connectivity index (χ4v) is 3.70. The van der Waals surface area contributed by atoms with Crippen LogP contribution < -0.4 is 5.43 Å². The minimum absolute atomic E-state index is 0. The van der Waals surface area contributed by atoms with Crippen LogP contribution in [0.3, 0.4) is 0 Å². The van der Waals surface area contributed by atoms with Crippen LogP contribution in [-0.4, -0.2) is 16.1 Å². The predicted octanol–water partition coefficient (Wildman–Crippen LogP) is 7.23. The van der Waals surface area contributed by atoms with E-state index >= 15 is 0 Å². The van der Waals surface area contributed by atoms with Crippen molar-refractivity contribution in [1.82, 2.24) is 4.98 Å². The molecule has 0 saturated heterocycles. The number of carboxylic acid groups (broad SMARTS) is 1. The van der Waals surface area contributed by atoms with E-state index in [9.17, 15) is 9.59 Å². The van der Waals surface area contributed by atoms with E-state index in [2.05, 4.69) is 24.9 Å². The highest BCUT2D eigenvalue weighted by molar-refractivity contribution is 5.87. The normalized spacial score (nSPS) is 10.4. The van der Waals surface area contributed by atoms with Crippen molar-refractivity contribution in [3.63, 3.8) is 0 Å². The minimum Gasteiger partial charge on any atom is -0.477 e. The van der Waals surface area contributed by atoms with Gasteiger partial charge in [0, 0.05) is 16.8 Å². The molecule has 34 heavy (non-hydrogen) atoms. The third kappa shape index (κ3) is 5.60. The van der Waals surface area contributed by atoms with Crippen molar-refractivity contribution in [2.24, 2.45) is 0 Å². The molecule has 178 valence electrons. The first-order valence-corrected chi connectivity index (χ1v) is 10.9. The van der Waals surface area contributed by atoms with Crippen LogP contribution in [0.2, 0.25) is 0 Å². The molecule has 4 rings (SSSR count). The largest absolute Gasteiger partial charge is 0.477 e. The van der Waals surface area contributed by atoms with E-state index in [0.717, 1.165) is 28.0 Å². The SMILES string of the molecule is C.Cc1cc(C(C)C)c2oc(-c3ccccc3)c(C)c(=O)c2c1.Cc1ccc(C)c(C(=O)O)n1. The standard InChI is InChI=1S/C20H20O2.C8H9NO2.CH4/c1-12(2)16-10-13(3)11-17-18(21)14(4)19(22-20(16)17)15-8-6-5-7-9-15;1-5-3-4-6(2)9-7(5)8(10)11;/h5-12H,1-4H3;3-4H,1-2H3,(H,10,11);1H4. The van der Waals surface area contributed by atoms with Crippen LogP contribution in [-0.2, 0) is 0 Å². The van der Waals surface area contributed by atoms with Crippen molar-refractivity contribution in [3.05, 3.63) is 98.5 Å². The zero-order valence-electron chi connectivity index (χ0n) is 19.9. The second-order valence-electron chi connectivity index (χ2n) is 8.56. The smallest absolute Gasteiger partial charge is 0.354 e. The number of carbonyl (C=O) groups is 1. The molecule has 0 aliphatic rings. The number of carboxylic acids is 1. The van der Waals surface area contributed by atoms with Gasteiger partial charge in [-0.1, -0.05) is 63.7 Å². The molecular weight excluding hydrogens is 426 g/mol. The van der Waals surface area contributed by atoms with Gasteiger partial charge in [0.15, 0.2) is 11.1 Å². The first-order chi connectivity index (χ1) is 15.6. The number of nitrogens with zero attached hydrogens (tertiary/aromatic N) is 1. The lowest BCUT2D eigenvalue weighted by Gasteiger charge is -2.13. The van der Waals surface area contributed by atoms with Gasteiger partial charge in [-0.25, -0.2) is 9.78 Å². The topological polar surface area (TPSA) is 80.4 Å². The van der Waals surface area contributed by atoms with E-state index in [-0.39, 0.29) is 18.5 Å². The molecule has 0 saturated carbocycles. The van der Waals surface area contributed by atoms with Crippen molar-refractivity contribution in [1.29, 1.82) is 0 Å². The summed E-state index contributed by atoms with van der Waals surface area (Å²) in [6, 6.07) is 17.4. The maximum Gasteiger partial charge on any atom is 0.354 e. The first kappa shape index (κ1) is 26.5. The van der Waals surface area contributed by atoms with E-state index in [1.165, 1.54) is 0 Å². The van der Waals surface area contributed by atoms with Crippen molar-refractivity contribution >= 4 is 16.9 Å². The van der Waals surface area contributed by atoms with Gasteiger partial charge < -0.3 is 9.52 Å². The quantitative estimate of drug-likeness (QED) is 0.349. The zero-order valence-corrected chi connectivity index (χ0v) is 19.9. The Morgan fingerprint density at radius 2 is 1.62 bits per heavy atom. The Hall–Kier alpha value is -3.73. The Kier molecular flexibility index (Phi) is 8.52. The monoisotopic (exact) mass is 459 g/mol. The maximum atomic E-state index is 12.8. The van der Waals surface area contributed by atoms with E-state index in [0.29, 0.717) is 28.2 Å². The number of hydrogen-bond donors (Lipinski definition) is 1. The molecule has 2 aromatic carbocycles. The molecule has 2 heterocycles. The van der Waals surface area contributed by atoms with Crippen molar-refractivity contribution in [2.75, 3.05) is 0 Å². The Morgan fingerprint density at radius 3 is 2.18 bits per heavy atom. The zero-order chi connectivity index (χ0) is 24.3. The molecule has 0 unspecified atom stereocenters. The molecule has 0 aliphatic carbocycles. The maximum absolute atomic E-state index is 12.8. The molecule has 0 bridgehead atoms. The number of rotatable bonds is 3. The molecule has 4 aromatic rings. The third-order valence-corrected chi connectivity index (χ3v) is 5.49. The van der Waals surface area contributed by atoms with Crippen LogP contribution in [0.15, 0.2) is 63.8 Å². The number of aryl methyl sites for hydroxylation is 3. The third-order valence-electron chi connectivity index (χ3n) is 5.49.